The molecule has 5 nitrogen and oxygen atoms in total. The molecule has 0 radical (unpaired) electrons. The van der Waals surface area contributed by atoms with Gasteiger partial charge in [0.05, 0.1) is 6.54 Å². The van der Waals surface area contributed by atoms with E-state index in [2.05, 4.69) is 10.6 Å². The van der Waals surface area contributed by atoms with E-state index in [0.717, 1.165) is 12.8 Å². The van der Waals surface area contributed by atoms with Gasteiger partial charge in [0.1, 0.15) is 0 Å². The van der Waals surface area contributed by atoms with Crippen molar-refractivity contribution in [1.29, 1.82) is 0 Å². The molecule has 0 aliphatic carbocycles. The monoisotopic (exact) mass is 317 g/mol. The molecule has 2 rings (SSSR count). The Morgan fingerprint density at radius 1 is 1.19 bits per heavy atom. The third-order valence-electron chi connectivity index (χ3n) is 4.47. The number of halogens is 1. The molecule has 2 heterocycles. The van der Waals surface area contributed by atoms with Gasteiger partial charge < -0.3 is 15.5 Å². The topological polar surface area (TPSA) is 61.4 Å². The predicted molar refractivity (Wildman–Crippen MR) is 85.5 cm³/mol. The summed E-state index contributed by atoms with van der Waals surface area (Å²) in [6.45, 7) is 5.65. The predicted octanol–water partition coefficient (Wildman–Crippen LogP) is 1.31. The molecule has 2 amide bonds. The van der Waals surface area contributed by atoms with Gasteiger partial charge in [-0.3, -0.25) is 9.59 Å². The average Bonchev–Trinajstić information content (AvgIpc) is 2.72. The molecular formula is C15H28ClN3O2. The molecule has 2 unspecified atom stereocenters. The Hall–Kier alpha value is -0.810. The standard InChI is InChI=1S/C15H27N3O2.ClH/c1-15(2,3)14(20)16-9-13(19)18(4)12-7-10-5-6-11(8-12)17-10;/h10-12,17H,5-9H2,1-4H3,(H,16,20);1H. The fourth-order valence-corrected chi connectivity index (χ4v) is 3.09. The summed E-state index contributed by atoms with van der Waals surface area (Å²) in [5.74, 6) is -0.0708. The maximum Gasteiger partial charge on any atom is 0.241 e. The van der Waals surface area contributed by atoms with E-state index < -0.39 is 5.41 Å². The lowest BCUT2D eigenvalue weighted by Crippen LogP contribution is -2.51. The zero-order chi connectivity index (χ0) is 14.9. The SMILES string of the molecule is CN(C(=O)CNC(=O)C(C)(C)C)C1CC2CCC(C1)N2.Cl. The lowest BCUT2D eigenvalue weighted by Gasteiger charge is -2.35. The van der Waals surface area contributed by atoms with Gasteiger partial charge in [-0.15, -0.1) is 12.4 Å². The molecule has 2 aliphatic rings. The molecule has 0 spiro atoms. The zero-order valence-corrected chi connectivity index (χ0v) is 14.3. The average molecular weight is 318 g/mol. The van der Waals surface area contributed by atoms with Crippen molar-refractivity contribution >= 4 is 24.2 Å². The van der Waals surface area contributed by atoms with Crippen molar-refractivity contribution in [2.24, 2.45) is 5.41 Å². The summed E-state index contributed by atoms with van der Waals surface area (Å²) in [6, 6.07) is 1.45. The van der Waals surface area contributed by atoms with Gasteiger partial charge in [-0.25, -0.2) is 0 Å². The van der Waals surface area contributed by atoms with Crippen LogP contribution in [0.25, 0.3) is 0 Å². The van der Waals surface area contributed by atoms with Gasteiger partial charge in [-0.2, -0.15) is 0 Å². The van der Waals surface area contributed by atoms with Gasteiger partial charge >= 0.3 is 0 Å². The first-order valence-electron chi connectivity index (χ1n) is 7.57. The third-order valence-corrected chi connectivity index (χ3v) is 4.47. The molecule has 2 aliphatic heterocycles. The highest BCUT2D eigenvalue weighted by atomic mass is 35.5. The van der Waals surface area contributed by atoms with Crippen LogP contribution in [0.15, 0.2) is 0 Å². The van der Waals surface area contributed by atoms with E-state index in [1.54, 1.807) is 0 Å². The number of piperidine rings is 1. The van der Waals surface area contributed by atoms with E-state index in [9.17, 15) is 9.59 Å². The van der Waals surface area contributed by atoms with Crippen LogP contribution in [-0.2, 0) is 9.59 Å². The minimum Gasteiger partial charge on any atom is -0.347 e. The number of hydrogen-bond donors (Lipinski definition) is 2. The van der Waals surface area contributed by atoms with Crippen LogP contribution in [0.5, 0.6) is 0 Å². The van der Waals surface area contributed by atoms with Crippen LogP contribution in [-0.4, -0.2) is 48.4 Å². The Balaban J connectivity index is 0.00000220. The molecule has 21 heavy (non-hydrogen) atoms. The van der Waals surface area contributed by atoms with Crippen LogP contribution in [0.2, 0.25) is 0 Å². The number of nitrogens with one attached hydrogen (secondary N) is 2. The molecule has 0 saturated carbocycles. The van der Waals surface area contributed by atoms with Crippen LogP contribution in [0, 0.1) is 5.41 Å². The van der Waals surface area contributed by atoms with Gasteiger partial charge in [0.2, 0.25) is 11.8 Å². The quantitative estimate of drug-likeness (QED) is 0.825. The number of likely N-dealkylation sites (N-methyl/N-ethyl adjacent to an activating group) is 1. The Morgan fingerprint density at radius 2 is 1.71 bits per heavy atom. The van der Waals surface area contributed by atoms with E-state index in [0.29, 0.717) is 18.1 Å². The van der Waals surface area contributed by atoms with Crippen LogP contribution in [0.1, 0.15) is 46.5 Å². The van der Waals surface area contributed by atoms with Gasteiger partial charge in [0.15, 0.2) is 0 Å². The van der Waals surface area contributed by atoms with E-state index >= 15 is 0 Å². The molecule has 2 bridgehead atoms. The summed E-state index contributed by atoms with van der Waals surface area (Å²) in [5.41, 5.74) is -0.452. The van der Waals surface area contributed by atoms with Gasteiger partial charge in [-0.05, 0) is 25.7 Å². The van der Waals surface area contributed by atoms with Crippen molar-refractivity contribution in [2.45, 2.75) is 64.6 Å². The summed E-state index contributed by atoms with van der Waals surface area (Å²) in [5, 5.41) is 6.31. The number of hydrogen-bond acceptors (Lipinski definition) is 3. The minimum atomic E-state index is -0.452. The second-order valence-corrected chi connectivity index (χ2v) is 7.20. The van der Waals surface area contributed by atoms with Crippen LogP contribution >= 0.6 is 12.4 Å². The first-order chi connectivity index (χ1) is 9.27. The van der Waals surface area contributed by atoms with E-state index in [1.807, 2.05) is 32.7 Å². The summed E-state index contributed by atoms with van der Waals surface area (Å²) < 4.78 is 0. The molecule has 2 atom stereocenters. The Bertz CT molecular complexity index is 383. The second-order valence-electron chi connectivity index (χ2n) is 7.20. The fraction of sp³-hybridized carbons (Fsp3) is 0.867. The molecular weight excluding hydrogens is 290 g/mol. The number of nitrogens with zero attached hydrogens (tertiary/aromatic N) is 1. The molecule has 0 aromatic heterocycles. The summed E-state index contributed by atoms with van der Waals surface area (Å²) in [7, 11) is 1.86. The van der Waals surface area contributed by atoms with Crippen molar-refractivity contribution in [1.82, 2.24) is 15.5 Å². The molecule has 0 aromatic rings. The zero-order valence-electron chi connectivity index (χ0n) is 13.4. The summed E-state index contributed by atoms with van der Waals surface area (Å²) in [4.78, 5) is 25.8. The van der Waals surface area contributed by atoms with E-state index in [1.165, 1.54) is 12.8 Å². The van der Waals surface area contributed by atoms with Crippen molar-refractivity contribution in [3.63, 3.8) is 0 Å². The van der Waals surface area contributed by atoms with Gasteiger partial charge in [-0.1, -0.05) is 20.8 Å². The van der Waals surface area contributed by atoms with Gasteiger partial charge in [0.25, 0.3) is 0 Å². The molecule has 2 fully saturated rings. The Labute approximate surface area is 133 Å². The number of rotatable bonds is 3. The maximum atomic E-state index is 12.2. The van der Waals surface area contributed by atoms with Crippen molar-refractivity contribution in [3.05, 3.63) is 0 Å². The van der Waals surface area contributed by atoms with Gasteiger partial charge in [0, 0.05) is 30.6 Å². The number of carbonyl (C=O) groups excluding carboxylic acids is 2. The first-order valence-corrected chi connectivity index (χ1v) is 7.57. The highest BCUT2D eigenvalue weighted by molar-refractivity contribution is 5.87. The molecule has 2 saturated heterocycles. The maximum absolute atomic E-state index is 12.2. The van der Waals surface area contributed by atoms with E-state index in [-0.39, 0.29) is 30.8 Å². The second kappa shape index (κ2) is 6.97. The molecule has 0 aromatic carbocycles. The molecule has 2 N–H and O–H groups in total. The van der Waals surface area contributed by atoms with Crippen LogP contribution < -0.4 is 10.6 Å². The summed E-state index contributed by atoms with van der Waals surface area (Å²) in [6.07, 6.45) is 4.52. The van der Waals surface area contributed by atoms with Crippen LogP contribution in [0.4, 0.5) is 0 Å². The highest BCUT2D eigenvalue weighted by Gasteiger charge is 2.36. The Kier molecular flexibility index (Phi) is 6.05. The Morgan fingerprint density at radius 3 is 2.19 bits per heavy atom. The lowest BCUT2D eigenvalue weighted by molar-refractivity contribution is -0.136. The highest BCUT2D eigenvalue weighted by Crippen LogP contribution is 2.29. The number of amides is 2. The van der Waals surface area contributed by atoms with Crippen molar-refractivity contribution in [2.75, 3.05) is 13.6 Å². The normalized spacial score (nSPS) is 27.7. The molecule has 122 valence electrons. The van der Waals surface area contributed by atoms with E-state index in [4.69, 9.17) is 0 Å². The first kappa shape index (κ1) is 18.2. The van der Waals surface area contributed by atoms with Crippen molar-refractivity contribution < 1.29 is 9.59 Å². The minimum absolute atomic E-state index is 0. The lowest BCUT2D eigenvalue weighted by atomic mass is 9.95. The fourth-order valence-electron chi connectivity index (χ4n) is 3.09. The summed E-state index contributed by atoms with van der Waals surface area (Å²) >= 11 is 0. The number of fused-ring (bicyclic) bond motifs is 2. The smallest absolute Gasteiger partial charge is 0.241 e. The van der Waals surface area contributed by atoms with Crippen LogP contribution in [0.3, 0.4) is 0 Å². The third kappa shape index (κ3) is 4.58. The number of carbonyl (C=O) groups is 2. The van der Waals surface area contributed by atoms with Crippen molar-refractivity contribution in [3.8, 4) is 0 Å². The molecule has 6 heteroatoms. The largest absolute Gasteiger partial charge is 0.347 e.